The number of nitrogens with zero attached hydrogens (tertiary/aromatic N) is 12. The van der Waals surface area contributed by atoms with E-state index in [0.717, 1.165) is 39.6 Å². The number of fused-ring (bicyclic) bond motifs is 3. The van der Waals surface area contributed by atoms with Gasteiger partial charge in [0.2, 0.25) is 0 Å². The van der Waals surface area contributed by atoms with Crippen LogP contribution in [0.25, 0.3) is 56.7 Å². The number of benzene rings is 4. The molecule has 0 spiro atoms. The van der Waals surface area contributed by atoms with E-state index in [2.05, 4.69) is 45.2 Å². The van der Waals surface area contributed by atoms with Crippen molar-refractivity contribution in [2.75, 3.05) is 4.90 Å². The first-order chi connectivity index (χ1) is 25.3. The van der Waals surface area contributed by atoms with Crippen molar-refractivity contribution in [2.45, 2.75) is 12.3 Å². The van der Waals surface area contributed by atoms with Gasteiger partial charge in [-0.15, -0.1) is 0 Å². The van der Waals surface area contributed by atoms with Crippen LogP contribution in [0.1, 0.15) is 5.56 Å². The molecule has 12 nitrogen and oxygen atoms in total. The molecule has 51 heavy (non-hydrogen) atoms. The van der Waals surface area contributed by atoms with Gasteiger partial charge < -0.3 is 0 Å². The number of aromatic nitrogens is 8. The number of imidazole rings is 2. The highest BCUT2D eigenvalue weighted by atomic mass is 15.4. The number of hydrogen-bond donors (Lipinski definition) is 0. The third-order valence-electron chi connectivity index (χ3n) is 8.92. The van der Waals surface area contributed by atoms with E-state index in [9.17, 15) is 0 Å². The molecule has 10 rings (SSSR count). The highest BCUT2D eigenvalue weighted by Crippen LogP contribution is 2.37. The molecule has 2 unspecified atom stereocenters. The Hall–Kier alpha value is -7.21. The molecule has 0 fully saturated rings. The van der Waals surface area contributed by atoms with Crippen molar-refractivity contribution in [3.8, 4) is 34.2 Å². The van der Waals surface area contributed by atoms with Gasteiger partial charge in [-0.25, -0.2) is 34.9 Å². The molecule has 2 aliphatic heterocycles. The minimum Gasteiger partial charge on any atom is -0.299 e. The summed E-state index contributed by atoms with van der Waals surface area (Å²) in [4.78, 5) is 45.6. The average molecular weight is 663 g/mol. The lowest BCUT2D eigenvalue weighted by atomic mass is 10.0. The summed E-state index contributed by atoms with van der Waals surface area (Å²) in [6.07, 6.45) is 9.41. The third-order valence-corrected chi connectivity index (χ3v) is 8.92. The zero-order chi connectivity index (χ0) is 33.7. The summed E-state index contributed by atoms with van der Waals surface area (Å²) in [5, 5.41) is 0. The predicted octanol–water partition coefficient (Wildman–Crippen LogP) is 6.35. The quantitative estimate of drug-likeness (QED) is 0.203. The Morgan fingerprint density at radius 1 is 0.471 bits per heavy atom. The average Bonchev–Trinajstić information content (AvgIpc) is 3.91. The first-order valence-electron chi connectivity index (χ1n) is 16.4. The second-order valence-corrected chi connectivity index (χ2v) is 12.0. The summed E-state index contributed by atoms with van der Waals surface area (Å²) >= 11 is 0. The van der Waals surface area contributed by atoms with Gasteiger partial charge in [-0.3, -0.25) is 24.0 Å². The van der Waals surface area contributed by atoms with E-state index < -0.39 is 6.17 Å². The summed E-state index contributed by atoms with van der Waals surface area (Å²) in [7, 11) is 0. The maximum absolute atomic E-state index is 5.18. The highest BCUT2D eigenvalue weighted by molar-refractivity contribution is 6.18. The van der Waals surface area contributed by atoms with Crippen LogP contribution in [0.4, 0.5) is 5.69 Å². The van der Waals surface area contributed by atoms with E-state index in [1.54, 1.807) is 37.2 Å². The number of anilines is 1. The lowest BCUT2D eigenvalue weighted by Gasteiger charge is -2.28. The van der Waals surface area contributed by atoms with Crippen molar-refractivity contribution in [1.29, 1.82) is 0 Å². The summed E-state index contributed by atoms with van der Waals surface area (Å²) < 4.78 is 4.07. The molecule has 0 saturated carbocycles. The molecule has 2 aliphatic rings. The fraction of sp³-hybridized carbons (Fsp3) is 0.0513. The molecule has 0 aliphatic carbocycles. The maximum atomic E-state index is 5.18. The maximum Gasteiger partial charge on any atom is 0.198 e. The van der Waals surface area contributed by atoms with E-state index in [1.807, 2.05) is 88.0 Å². The molecule has 4 aromatic heterocycles. The number of aliphatic imine (C=N–C) groups is 3. The largest absolute Gasteiger partial charge is 0.299 e. The zero-order valence-electron chi connectivity index (χ0n) is 26.9. The molecule has 0 saturated heterocycles. The Balaban J connectivity index is 1.27. The van der Waals surface area contributed by atoms with E-state index in [4.69, 9.17) is 34.9 Å². The Morgan fingerprint density at radius 3 is 1.49 bits per heavy atom. The monoisotopic (exact) mass is 662 g/mol. The molecule has 6 heterocycles. The summed E-state index contributed by atoms with van der Waals surface area (Å²) in [5.74, 6) is 2.07. The van der Waals surface area contributed by atoms with Crippen molar-refractivity contribution in [3.05, 3.63) is 140 Å². The molecule has 0 radical (unpaired) electrons. The lowest BCUT2D eigenvalue weighted by Crippen LogP contribution is -2.39. The third kappa shape index (κ3) is 4.80. The van der Waals surface area contributed by atoms with Gasteiger partial charge in [0.25, 0.3) is 0 Å². The van der Waals surface area contributed by atoms with E-state index in [1.165, 1.54) is 0 Å². The van der Waals surface area contributed by atoms with E-state index >= 15 is 0 Å². The van der Waals surface area contributed by atoms with Crippen LogP contribution in [0.15, 0.2) is 149 Å². The highest BCUT2D eigenvalue weighted by Gasteiger charge is 2.38. The van der Waals surface area contributed by atoms with Gasteiger partial charge in [0.1, 0.15) is 17.5 Å². The van der Waals surface area contributed by atoms with Crippen LogP contribution in [0.5, 0.6) is 0 Å². The van der Waals surface area contributed by atoms with Crippen LogP contribution in [0.2, 0.25) is 0 Å². The number of para-hydroxylation sites is 3. The second-order valence-electron chi connectivity index (χ2n) is 12.0. The Bertz CT molecular complexity index is 2530. The normalized spacial score (nSPS) is 16.5. The summed E-state index contributed by atoms with van der Waals surface area (Å²) in [5.41, 5.74) is 7.61. The van der Waals surface area contributed by atoms with Crippen molar-refractivity contribution >= 4 is 46.5 Å². The van der Waals surface area contributed by atoms with Gasteiger partial charge in [0.15, 0.2) is 34.9 Å². The van der Waals surface area contributed by atoms with E-state index in [-0.39, 0.29) is 6.17 Å². The fourth-order valence-electron chi connectivity index (χ4n) is 6.76. The standard InChI is InChI=1S/C39H26N12/c1-4-10-28(11-5-1)49-34(46-31-37(49)43-19-16-40-31)25-22-26(35-47-32-38(44-20-17-41-32)50(35)29-12-6-2-7-13-29)24-27(23-25)36-48-33-39(45-21-18-42-33)51(36)30-14-8-3-9-15-30/h1-24,31,37H. The van der Waals surface area contributed by atoms with Gasteiger partial charge in [0.05, 0.1) is 0 Å². The first-order valence-corrected chi connectivity index (χ1v) is 16.4. The van der Waals surface area contributed by atoms with Crippen LogP contribution < -0.4 is 4.90 Å². The smallest absolute Gasteiger partial charge is 0.198 e. The molecule has 8 aromatic rings. The predicted molar refractivity (Wildman–Crippen MR) is 198 cm³/mol. The van der Waals surface area contributed by atoms with Gasteiger partial charge >= 0.3 is 0 Å². The molecule has 4 aromatic carbocycles. The number of amidine groups is 1. The lowest BCUT2D eigenvalue weighted by molar-refractivity contribution is 0.597. The van der Waals surface area contributed by atoms with Crippen LogP contribution in [0, 0.1) is 0 Å². The number of hydrogen-bond acceptors (Lipinski definition) is 10. The van der Waals surface area contributed by atoms with Crippen LogP contribution in [-0.2, 0) is 0 Å². The van der Waals surface area contributed by atoms with E-state index in [0.29, 0.717) is 34.2 Å². The molecule has 0 N–H and O–H groups in total. The van der Waals surface area contributed by atoms with Crippen molar-refractivity contribution in [3.63, 3.8) is 0 Å². The van der Waals surface area contributed by atoms with Crippen LogP contribution >= 0.6 is 0 Å². The minimum atomic E-state index is -0.401. The van der Waals surface area contributed by atoms with Gasteiger partial charge in [-0.2, -0.15) is 0 Å². The topological polar surface area (TPSA) is 128 Å². The Kier molecular flexibility index (Phi) is 6.62. The molecule has 2 atom stereocenters. The Labute approximate surface area is 290 Å². The molecule has 242 valence electrons. The van der Waals surface area contributed by atoms with Crippen molar-refractivity contribution in [1.82, 2.24) is 39.0 Å². The fourth-order valence-corrected chi connectivity index (χ4v) is 6.76. The second kappa shape index (κ2) is 11.7. The van der Waals surface area contributed by atoms with Crippen LogP contribution in [-0.4, -0.2) is 69.6 Å². The van der Waals surface area contributed by atoms with Crippen molar-refractivity contribution < 1.29 is 0 Å². The zero-order valence-corrected chi connectivity index (χ0v) is 26.9. The molecule has 12 heteroatoms. The van der Waals surface area contributed by atoms with Gasteiger partial charge in [0, 0.05) is 71.0 Å². The van der Waals surface area contributed by atoms with Crippen LogP contribution in [0.3, 0.4) is 0 Å². The molecule has 0 bridgehead atoms. The Morgan fingerprint density at radius 2 is 0.941 bits per heavy atom. The van der Waals surface area contributed by atoms with Crippen molar-refractivity contribution in [2.24, 2.45) is 15.0 Å². The van der Waals surface area contributed by atoms with Gasteiger partial charge in [-0.05, 0) is 54.6 Å². The molecular weight excluding hydrogens is 637 g/mol. The molecule has 0 amide bonds. The van der Waals surface area contributed by atoms with Gasteiger partial charge in [-0.1, -0.05) is 54.6 Å². The first kappa shape index (κ1) is 28.8. The number of rotatable bonds is 6. The summed E-state index contributed by atoms with van der Waals surface area (Å²) in [6.45, 7) is 0. The molecular formula is C39H26N12. The summed E-state index contributed by atoms with van der Waals surface area (Å²) in [6, 6.07) is 36.6. The SMILES string of the molecule is C1=NC2N=C(c3cc(-c4nc5nccnc5n4-c4ccccc4)cc(-c4nc5nccnc5n4-c4ccccc4)c3)N(c3ccccc3)C2N=C1. The minimum absolute atomic E-state index is 0.330.